The van der Waals surface area contributed by atoms with Crippen molar-refractivity contribution in [1.29, 1.82) is 0 Å². The Balaban J connectivity index is 1.27. The van der Waals surface area contributed by atoms with Gasteiger partial charge < -0.3 is 10.4 Å². The Morgan fingerprint density at radius 1 is 1.09 bits per heavy atom. The fraction of sp³-hybridized carbons (Fsp3) is 0.947. The summed E-state index contributed by atoms with van der Waals surface area (Å²) in [4.78, 5) is 13.4. The summed E-state index contributed by atoms with van der Waals surface area (Å²) in [6.45, 7) is 1.25. The smallest absolute Gasteiger partial charge is 0.317 e. The SMILES string of the molecule is O=C(O)CN(CC1CC1)C1CC(NC2CCCC23CCCC3)C1. The first-order chi connectivity index (χ1) is 11.1. The molecule has 0 aromatic rings. The van der Waals surface area contributed by atoms with Gasteiger partial charge in [0.15, 0.2) is 0 Å². The van der Waals surface area contributed by atoms with E-state index < -0.39 is 5.97 Å². The number of hydrogen-bond donors (Lipinski definition) is 2. The van der Waals surface area contributed by atoms with Crippen molar-refractivity contribution in [1.82, 2.24) is 10.2 Å². The fourth-order valence-electron chi connectivity index (χ4n) is 5.53. The molecule has 130 valence electrons. The maximum Gasteiger partial charge on any atom is 0.317 e. The normalized spacial score (nSPS) is 35.8. The molecule has 1 spiro atoms. The number of nitrogens with one attached hydrogen (secondary N) is 1. The zero-order chi connectivity index (χ0) is 15.9. The van der Waals surface area contributed by atoms with Crippen LogP contribution >= 0.6 is 0 Å². The van der Waals surface area contributed by atoms with Gasteiger partial charge in [0.2, 0.25) is 0 Å². The van der Waals surface area contributed by atoms with Crippen molar-refractivity contribution in [2.75, 3.05) is 13.1 Å². The molecule has 0 radical (unpaired) electrons. The van der Waals surface area contributed by atoms with Crippen LogP contribution in [0.2, 0.25) is 0 Å². The van der Waals surface area contributed by atoms with Gasteiger partial charge in [-0.3, -0.25) is 9.69 Å². The maximum absolute atomic E-state index is 11.1. The molecular formula is C19H32N2O2. The molecule has 0 aromatic carbocycles. The summed E-state index contributed by atoms with van der Waals surface area (Å²) in [5.74, 6) is 0.112. The second-order valence-electron chi connectivity index (χ2n) is 8.77. The average Bonchev–Trinajstić information content (AvgIpc) is 3.02. The van der Waals surface area contributed by atoms with Crippen LogP contribution in [0.3, 0.4) is 0 Å². The third-order valence-electron chi connectivity index (χ3n) is 7.10. The molecule has 0 aromatic heterocycles. The number of carbonyl (C=O) groups is 1. The Morgan fingerprint density at radius 3 is 2.43 bits per heavy atom. The predicted octanol–water partition coefficient (Wildman–Crippen LogP) is 3.02. The van der Waals surface area contributed by atoms with Crippen LogP contribution in [0.5, 0.6) is 0 Å². The molecule has 4 aliphatic rings. The van der Waals surface area contributed by atoms with Crippen LogP contribution in [0.1, 0.15) is 70.6 Å². The van der Waals surface area contributed by atoms with Gasteiger partial charge in [-0.2, -0.15) is 0 Å². The van der Waals surface area contributed by atoms with Gasteiger partial charge in [0, 0.05) is 24.7 Å². The maximum atomic E-state index is 11.1. The molecular weight excluding hydrogens is 288 g/mol. The molecule has 4 heteroatoms. The number of nitrogens with zero attached hydrogens (tertiary/aromatic N) is 1. The van der Waals surface area contributed by atoms with Gasteiger partial charge in [-0.25, -0.2) is 0 Å². The number of aliphatic carboxylic acids is 1. The minimum absolute atomic E-state index is 0.237. The summed E-state index contributed by atoms with van der Waals surface area (Å²) >= 11 is 0. The van der Waals surface area contributed by atoms with Crippen LogP contribution < -0.4 is 5.32 Å². The number of carboxylic acid groups (broad SMARTS) is 1. The van der Waals surface area contributed by atoms with Crippen molar-refractivity contribution >= 4 is 5.97 Å². The van der Waals surface area contributed by atoms with Crippen LogP contribution in [-0.2, 0) is 4.79 Å². The molecule has 2 N–H and O–H groups in total. The van der Waals surface area contributed by atoms with E-state index in [0.717, 1.165) is 31.3 Å². The molecule has 4 fully saturated rings. The van der Waals surface area contributed by atoms with Gasteiger partial charge in [-0.1, -0.05) is 19.3 Å². The number of carboxylic acids is 1. The zero-order valence-corrected chi connectivity index (χ0v) is 14.3. The van der Waals surface area contributed by atoms with Crippen LogP contribution in [-0.4, -0.2) is 47.2 Å². The molecule has 0 amide bonds. The molecule has 0 aliphatic heterocycles. The molecule has 4 aliphatic carbocycles. The largest absolute Gasteiger partial charge is 0.480 e. The van der Waals surface area contributed by atoms with E-state index in [4.69, 9.17) is 5.11 Å². The minimum atomic E-state index is -0.664. The lowest BCUT2D eigenvalue weighted by Gasteiger charge is -2.46. The van der Waals surface area contributed by atoms with Gasteiger partial charge in [0.25, 0.3) is 0 Å². The molecule has 0 saturated heterocycles. The van der Waals surface area contributed by atoms with Gasteiger partial charge in [0.1, 0.15) is 0 Å². The lowest BCUT2D eigenvalue weighted by atomic mass is 9.78. The Hall–Kier alpha value is -0.610. The molecule has 4 saturated carbocycles. The number of hydrogen-bond acceptors (Lipinski definition) is 3. The van der Waals surface area contributed by atoms with E-state index in [1.54, 1.807) is 0 Å². The third kappa shape index (κ3) is 3.43. The first kappa shape index (κ1) is 15.9. The van der Waals surface area contributed by atoms with Gasteiger partial charge in [0.05, 0.1) is 6.54 Å². The number of rotatable bonds is 7. The lowest BCUT2D eigenvalue weighted by Crippen LogP contribution is -2.57. The standard InChI is InChI=1S/C19H32N2O2/c22-18(23)13-21(12-14-5-6-14)16-10-15(11-16)20-17-4-3-9-19(17)7-1-2-8-19/h14-17,20H,1-13H2,(H,22,23). The zero-order valence-electron chi connectivity index (χ0n) is 14.3. The summed E-state index contributed by atoms with van der Waals surface area (Å²) in [5.41, 5.74) is 0.625. The topological polar surface area (TPSA) is 52.6 Å². The monoisotopic (exact) mass is 320 g/mol. The van der Waals surface area contributed by atoms with Gasteiger partial charge in [-0.05, 0) is 62.7 Å². The Kier molecular flexibility index (Phi) is 4.39. The van der Waals surface area contributed by atoms with Crippen molar-refractivity contribution in [3.8, 4) is 0 Å². The Labute approximate surface area is 140 Å². The highest BCUT2D eigenvalue weighted by Gasteiger charge is 2.46. The van der Waals surface area contributed by atoms with Crippen LogP contribution in [0.4, 0.5) is 0 Å². The summed E-state index contributed by atoms with van der Waals surface area (Å²) in [5, 5.41) is 13.1. The average molecular weight is 320 g/mol. The van der Waals surface area contributed by atoms with E-state index in [9.17, 15) is 4.79 Å². The highest BCUT2D eigenvalue weighted by Crippen LogP contribution is 2.51. The fourth-order valence-corrected chi connectivity index (χ4v) is 5.53. The quantitative estimate of drug-likeness (QED) is 0.757. The molecule has 1 unspecified atom stereocenters. The van der Waals surface area contributed by atoms with Crippen molar-refractivity contribution < 1.29 is 9.90 Å². The predicted molar refractivity (Wildman–Crippen MR) is 90.4 cm³/mol. The van der Waals surface area contributed by atoms with E-state index >= 15 is 0 Å². The van der Waals surface area contributed by atoms with Crippen LogP contribution in [0, 0.1) is 11.3 Å². The molecule has 0 heterocycles. The highest BCUT2D eigenvalue weighted by atomic mass is 16.4. The first-order valence-electron chi connectivity index (χ1n) is 9.86. The van der Waals surface area contributed by atoms with Crippen LogP contribution in [0.25, 0.3) is 0 Å². The van der Waals surface area contributed by atoms with E-state index in [2.05, 4.69) is 10.2 Å². The Bertz CT molecular complexity index is 431. The van der Waals surface area contributed by atoms with Crippen molar-refractivity contribution in [3.63, 3.8) is 0 Å². The van der Waals surface area contributed by atoms with Crippen molar-refractivity contribution in [2.24, 2.45) is 11.3 Å². The lowest BCUT2D eigenvalue weighted by molar-refractivity contribution is -0.139. The second-order valence-corrected chi connectivity index (χ2v) is 8.77. The summed E-state index contributed by atoms with van der Waals surface area (Å²) in [6.07, 6.45) is 14.9. The highest BCUT2D eigenvalue weighted by molar-refractivity contribution is 5.69. The molecule has 0 bridgehead atoms. The molecule has 4 rings (SSSR count). The minimum Gasteiger partial charge on any atom is -0.480 e. The van der Waals surface area contributed by atoms with Crippen molar-refractivity contribution in [2.45, 2.75) is 88.8 Å². The van der Waals surface area contributed by atoms with Gasteiger partial charge >= 0.3 is 5.97 Å². The molecule has 4 nitrogen and oxygen atoms in total. The molecule has 1 atom stereocenters. The summed E-state index contributed by atoms with van der Waals surface area (Å²) < 4.78 is 0. The van der Waals surface area contributed by atoms with Gasteiger partial charge in [-0.15, -0.1) is 0 Å². The van der Waals surface area contributed by atoms with Crippen LogP contribution in [0.15, 0.2) is 0 Å². The van der Waals surface area contributed by atoms with E-state index in [1.165, 1.54) is 57.8 Å². The van der Waals surface area contributed by atoms with E-state index in [-0.39, 0.29) is 6.54 Å². The second kappa shape index (κ2) is 6.36. The first-order valence-corrected chi connectivity index (χ1v) is 9.86. The Morgan fingerprint density at radius 2 is 1.78 bits per heavy atom. The van der Waals surface area contributed by atoms with E-state index in [0.29, 0.717) is 17.5 Å². The molecule has 23 heavy (non-hydrogen) atoms. The third-order valence-corrected chi connectivity index (χ3v) is 7.10. The van der Waals surface area contributed by atoms with E-state index in [1.807, 2.05) is 0 Å². The van der Waals surface area contributed by atoms with Crippen molar-refractivity contribution in [3.05, 3.63) is 0 Å². The summed E-state index contributed by atoms with van der Waals surface area (Å²) in [7, 11) is 0. The summed E-state index contributed by atoms with van der Waals surface area (Å²) in [6, 6.07) is 1.88.